The van der Waals surface area contributed by atoms with Gasteiger partial charge >= 0.3 is 6.03 Å². The molecule has 3 amide bonds. The van der Waals surface area contributed by atoms with Gasteiger partial charge in [-0.1, -0.05) is 6.07 Å². The zero-order chi connectivity index (χ0) is 20.5. The number of amides is 3. The maximum absolute atomic E-state index is 12.9. The Morgan fingerprint density at radius 3 is 2.71 bits per heavy atom. The van der Waals surface area contributed by atoms with Crippen LogP contribution in [0, 0.1) is 13.8 Å². The molecule has 1 saturated heterocycles. The van der Waals surface area contributed by atoms with Crippen molar-refractivity contribution in [2.24, 2.45) is 0 Å². The molecule has 1 aliphatic heterocycles. The van der Waals surface area contributed by atoms with Crippen molar-refractivity contribution in [3.8, 4) is 0 Å². The standard InChI is InChI=1S/C20H25N3O4S/c1-13-10-16(14(2)22(13)8-7-15-6-5-9-28-15)17(24)11-23-18(25)20(3,12-27-4)21-19(23)26/h5-6,9-10H,7-8,11-12H2,1-4H3,(H,21,26). The molecule has 1 fully saturated rings. The van der Waals surface area contributed by atoms with Crippen molar-refractivity contribution in [1.82, 2.24) is 14.8 Å². The number of ether oxygens (including phenoxy) is 1. The van der Waals surface area contributed by atoms with Gasteiger partial charge in [0.25, 0.3) is 5.91 Å². The van der Waals surface area contributed by atoms with Crippen LogP contribution in [0.25, 0.3) is 0 Å². The molecule has 0 saturated carbocycles. The fraction of sp³-hybridized carbons (Fsp3) is 0.450. The summed E-state index contributed by atoms with van der Waals surface area (Å²) in [6, 6.07) is 5.39. The van der Waals surface area contributed by atoms with Gasteiger partial charge in [-0.3, -0.25) is 14.5 Å². The van der Waals surface area contributed by atoms with Gasteiger partial charge in [-0.25, -0.2) is 4.79 Å². The number of Topliss-reactive ketones (excluding diaryl/α,β-unsaturated/α-hetero) is 1. The Bertz CT molecular complexity index is 903. The van der Waals surface area contributed by atoms with E-state index >= 15 is 0 Å². The van der Waals surface area contributed by atoms with E-state index in [4.69, 9.17) is 4.74 Å². The van der Waals surface area contributed by atoms with Crippen molar-refractivity contribution in [2.75, 3.05) is 20.3 Å². The minimum Gasteiger partial charge on any atom is -0.382 e. The average molecular weight is 404 g/mol. The van der Waals surface area contributed by atoms with Gasteiger partial charge < -0.3 is 14.6 Å². The van der Waals surface area contributed by atoms with Gasteiger partial charge in [0.1, 0.15) is 5.54 Å². The highest BCUT2D eigenvalue weighted by Crippen LogP contribution is 2.21. The molecular weight excluding hydrogens is 378 g/mol. The first-order valence-electron chi connectivity index (χ1n) is 9.12. The highest BCUT2D eigenvalue weighted by atomic mass is 32.1. The maximum Gasteiger partial charge on any atom is 0.325 e. The predicted molar refractivity (Wildman–Crippen MR) is 107 cm³/mol. The summed E-state index contributed by atoms with van der Waals surface area (Å²) in [7, 11) is 1.46. The SMILES string of the molecule is COCC1(C)NC(=O)N(CC(=O)c2cc(C)n(CCc3cccs3)c2C)C1=O. The number of nitrogens with one attached hydrogen (secondary N) is 1. The lowest BCUT2D eigenvalue weighted by Gasteiger charge is -2.20. The van der Waals surface area contributed by atoms with E-state index in [0.717, 1.165) is 29.3 Å². The summed E-state index contributed by atoms with van der Waals surface area (Å²) in [4.78, 5) is 39.9. The number of carbonyl (C=O) groups excluding carboxylic acids is 3. The molecule has 1 aliphatic rings. The summed E-state index contributed by atoms with van der Waals surface area (Å²) in [6.07, 6.45) is 0.893. The van der Waals surface area contributed by atoms with Crippen LogP contribution in [0.5, 0.6) is 0 Å². The van der Waals surface area contributed by atoms with Crippen molar-refractivity contribution < 1.29 is 19.1 Å². The molecule has 2 aromatic rings. The van der Waals surface area contributed by atoms with Gasteiger partial charge in [0.2, 0.25) is 0 Å². The number of ketones is 1. The Hall–Kier alpha value is -2.45. The van der Waals surface area contributed by atoms with E-state index in [1.165, 1.54) is 12.0 Å². The number of thiophene rings is 1. The smallest absolute Gasteiger partial charge is 0.325 e. The van der Waals surface area contributed by atoms with Gasteiger partial charge in [-0.05, 0) is 44.7 Å². The third kappa shape index (κ3) is 3.74. The summed E-state index contributed by atoms with van der Waals surface area (Å²) in [5.74, 6) is -0.695. The van der Waals surface area contributed by atoms with E-state index in [-0.39, 0.29) is 18.9 Å². The molecule has 0 radical (unpaired) electrons. The second-order valence-corrected chi connectivity index (χ2v) is 8.31. The number of aryl methyl sites for hydroxylation is 2. The van der Waals surface area contributed by atoms with Gasteiger partial charge in [0, 0.05) is 35.5 Å². The minimum atomic E-state index is -1.14. The minimum absolute atomic E-state index is 0.0551. The predicted octanol–water partition coefficient (Wildman–Crippen LogP) is 2.55. The molecule has 0 aliphatic carbocycles. The lowest BCUT2D eigenvalue weighted by atomic mass is 10.0. The first kappa shape index (κ1) is 20.3. The van der Waals surface area contributed by atoms with E-state index in [1.807, 2.05) is 26.0 Å². The highest BCUT2D eigenvalue weighted by molar-refractivity contribution is 7.09. The average Bonchev–Trinajstić information content (AvgIpc) is 3.30. The molecule has 0 bridgehead atoms. The first-order chi connectivity index (χ1) is 13.3. The molecule has 8 heteroatoms. The number of rotatable bonds is 8. The molecule has 150 valence electrons. The number of hydrogen-bond donors (Lipinski definition) is 1. The molecule has 0 aromatic carbocycles. The molecule has 2 aromatic heterocycles. The lowest BCUT2D eigenvalue weighted by Crippen LogP contribution is -2.48. The molecule has 1 unspecified atom stereocenters. The van der Waals surface area contributed by atoms with E-state index in [1.54, 1.807) is 18.3 Å². The fourth-order valence-electron chi connectivity index (χ4n) is 3.61. The van der Waals surface area contributed by atoms with Crippen LogP contribution in [-0.2, 0) is 22.5 Å². The Kier molecular flexibility index (Phi) is 5.71. The Morgan fingerprint density at radius 1 is 1.32 bits per heavy atom. The van der Waals surface area contributed by atoms with Crippen molar-refractivity contribution in [2.45, 2.75) is 39.3 Å². The van der Waals surface area contributed by atoms with Crippen molar-refractivity contribution in [3.63, 3.8) is 0 Å². The number of imide groups is 1. The van der Waals surface area contributed by atoms with E-state index in [0.29, 0.717) is 5.56 Å². The third-order valence-electron chi connectivity index (χ3n) is 5.12. The van der Waals surface area contributed by atoms with Crippen LogP contribution in [0.4, 0.5) is 4.79 Å². The summed E-state index contributed by atoms with van der Waals surface area (Å²) in [5.41, 5.74) is 1.25. The van der Waals surface area contributed by atoms with Gasteiger partial charge in [0.05, 0.1) is 13.2 Å². The van der Waals surface area contributed by atoms with Gasteiger partial charge in [-0.15, -0.1) is 11.3 Å². The van der Waals surface area contributed by atoms with Gasteiger partial charge in [0.15, 0.2) is 5.78 Å². The number of methoxy groups -OCH3 is 1. The normalized spacial score (nSPS) is 19.4. The number of hydrogen-bond acceptors (Lipinski definition) is 5. The first-order valence-corrected chi connectivity index (χ1v) is 10.00. The van der Waals surface area contributed by atoms with Crippen LogP contribution in [-0.4, -0.2) is 53.0 Å². The topological polar surface area (TPSA) is 80.6 Å². The summed E-state index contributed by atoms with van der Waals surface area (Å²) in [6.45, 7) is 6.01. The van der Waals surface area contributed by atoms with Crippen LogP contribution < -0.4 is 5.32 Å². The number of carbonyl (C=O) groups is 3. The number of urea groups is 1. The van der Waals surface area contributed by atoms with Crippen LogP contribution in [0.2, 0.25) is 0 Å². The second kappa shape index (κ2) is 7.89. The quantitative estimate of drug-likeness (QED) is 0.543. The monoisotopic (exact) mass is 403 g/mol. The molecule has 0 spiro atoms. The maximum atomic E-state index is 12.9. The molecular formula is C20H25N3O4S. The highest BCUT2D eigenvalue weighted by Gasteiger charge is 2.48. The number of nitrogens with zero attached hydrogens (tertiary/aromatic N) is 2. The Morgan fingerprint density at radius 2 is 2.07 bits per heavy atom. The molecule has 7 nitrogen and oxygen atoms in total. The summed E-state index contributed by atoms with van der Waals surface area (Å²) < 4.78 is 7.14. The Labute approximate surface area is 168 Å². The van der Waals surface area contributed by atoms with E-state index in [9.17, 15) is 14.4 Å². The third-order valence-corrected chi connectivity index (χ3v) is 6.05. The molecule has 1 N–H and O–H groups in total. The van der Waals surface area contributed by atoms with Crippen LogP contribution in [0.3, 0.4) is 0 Å². The second-order valence-electron chi connectivity index (χ2n) is 7.28. The lowest BCUT2D eigenvalue weighted by molar-refractivity contribution is -0.132. The van der Waals surface area contributed by atoms with Crippen molar-refractivity contribution in [1.29, 1.82) is 0 Å². The number of aromatic nitrogens is 1. The molecule has 3 heterocycles. The van der Waals surface area contributed by atoms with Gasteiger partial charge in [-0.2, -0.15) is 0 Å². The Balaban J connectivity index is 1.73. The van der Waals surface area contributed by atoms with Crippen molar-refractivity contribution >= 4 is 29.1 Å². The fourth-order valence-corrected chi connectivity index (χ4v) is 4.31. The zero-order valence-electron chi connectivity index (χ0n) is 16.6. The zero-order valence-corrected chi connectivity index (χ0v) is 17.4. The van der Waals surface area contributed by atoms with Crippen LogP contribution >= 0.6 is 11.3 Å². The molecule has 28 heavy (non-hydrogen) atoms. The largest absolute Gasteiger partial charge is 0.382 e. The van der Waals surface area contributed by atoms with Crippen molar-refractivity contribution in [3.05, 3.63) is 45.4 Å². The van der Waals surface area contributed by atoms with Crippen LogP contribution in [0.1, 0.15) is 33.5 Å². The van der Waals surface area contributed by atoms with E-state index in [2.05, 4.69) is 21.3 Å². The van der Waals surface area contributed by atoms with Crippen LogP contribution in [0.15, 0.2) is 23.6 Å². The van der Waals surface area contributed by atoms with E-state index < -0.39 is 17.5 Å². The molecule has 3 rings (SSSR count). The summed E-state index contributed by atoms with van der Waals surface area (Å²) >= 11 is 1.71. The summed E-state index contributed by atoms with van der Waals surface area (Å²) in [5, 5.41) is 4.66. The molecule has 1 atom stereocenters.